The SMILES string of the molecule is c1ccc(-c2cccc(-c3nc(-c4cc5ccccc5c5ccccc45)nc(-c4c(C5CCc6cc7ccccc7cc6-c6ccccc65)ccc5oc6ccccc6c45)n3)c2)cc1. The molecular formula is C60H39N3O. The van der Waals surface area contributed by atoms with E-state index in [1.54, 1.807) is 0 Å². The molecule has 0 fully saturated rings. The number of aromatic nitrogens is 3. The molecule has 0 saturated heterocycles. The van der Waals surface area contributed by atoms with E-state index in [-0.39, 0.29) is 5.92 Å². The van der Waals surface area contributed by atoms with Gasteiger partial charge in [-0.05, 0) is 114 Å². The highest BCUT2D eigenvalue weighted by Crippen LogP contribution is 2.48. The number of aryl methyl sites for hydroxylation is 1. The summed E-state index contributed by atoms with van der Waals surface area (Å²) in [6.07, 6.45) is 1.84. The van der Waals surface area contributed by atoms with Gasteiger partial charge in [0.2, 0.25) is 0 Å². The Bertz CT molecular complexity index is 3810. The van der Waals surface area contributed by atoms with Crippen molar-refractivity contribution in [2.45, 2.75) is 18.8 Å². The smallest absolute Gasteiger partial charge is 0.165 e. The third-order valence-corrected chi connectivity index (χ3v) is 13.3. The number of para-hydroxylation sites is 1. The molecule has 0 amide bonds. The molecule has 12 aromatic rings. The molecule has 1 atom stereocenters. The molecular weight excluding hydrogens is 779 g/mol. The van der Waals surface area contributed by atoms with E-state index >= 15 is 0 Å². The van der Waals surface area contributed by atoms with Crippen LogP contribution in [0.2, 0.25) is 0 Å². The molecule has 4 heteroatoms. The van der Waals surface area contributed by atoms with Crippen LogP contribution in [0.25, 0.3) is 111 Å². The number of hydrogen-bond acceptors (Lipinski definition) is 4. The third kappa shape index (κ3) is 5.95. The zero-order valence-corrected chi connectivity index (χ0v) is 34.9. The standard InChI is InChI=1S/C60H39N3O/c1-2-15-37(16-3-1)38-20-14-21-43(34-38)58-61-59(53-36-41-19-6-7-22-44(41)45-23-8-11-26-48(45)53)63-60(62-58)57-50(31-32-55-56(57)51-27-12-13-28-54(51)64-55)49-30-29-42-33-39-17-4-5-18-40(39)35-52(42)47-25-10-9-24-46(47)49/h1-28,31-36,49H,29-30H2. The molecule has 1 aliphatic rings. The first-order chi connectivity index (χ1) is 31.7. The predicted molar refractivity (Wildman–Crippen MR) is 263 cm³/mol. The minimum absolute atomic E-state index is 0.0337. The number of fused-ring (bicyclic) bond motifs is 10. The molecule has 2 aromatic heterocycles. The van der Waals surface area contributed by atoms with Crippen LogP contribution in [0.3, 0.4) is 0 Å². The second-order valence-electron chi connectivity index (χ2n) is 17.0. The van der Waals surface area contributed by atoms with Crippen molar-refractivity contribution in [3.63, 3.8) is 0 Å². The Morgan fingerprint density at radius 1 is 0.375 bits per heavy atom. The maximum atomic E-state index is 6.68. The van der Waals surface area contributed by atoms with E-state index in [1.807, 2.05) is 6.07 Å². The highest BCUT2D eigenvalue weighted by molar-refractivity contribution is 6.14. The van der Waals surface area contributed by atoms with E-state index in [0.717, 1.165) is 78.8 Å². The quantitative estimate of drug-likeness (QED) is 0.162. The Morgan fingerprint density at radius 3 is 1.89 bits per heavy atom. The fourth-order valence-electron chi connectivity index (χ4n) is 10.4. The topological polar surface area (TPSA) is 51.8 Å². The van der Waals surface area contributed by atoms with Gasteiger partial charge in [0.25, 0.3) is 0 Å². The fraction of sp³-hybridized carbons (Fsp3) is 0.0500. The summed E-state index contributed by atoms with van der Waals surface area (Å²) in [6.45, 7) is 0. The molecule has 0 radical (unpaired) electrons. The number of rotatable bonds is 5. The summed E-state index contributed by atoms with van der Waals surface area (Å²) < 4.78 is 6.68. The van der Waals surface area contributed by atoms with Gasteiger partial charge < -0.3 is 4.42 Å². The molecule has 0 saturated carbocycles. The second kappa shape index (κ2) is 14.7. The van der Waals surface area contributed by atoms with Crippen molar-refractivity contribution in [3.8, 4) is 56.4 Å². The number of benzene rings is 10. The van der Waals surface area contributed by atoms with Gasteiger partial charge in [0.1, 0.15) is 11.2 Å². The molecule has 10 aromatic carbocycles. The number of nitrogens with zero attached hydrogens (tertiary/aromatic N) is 3. The first kappa shape index (κ1) is 36.4. The molecule has 0 aliphatic heterocycles. The van der Waals surface area contributed by atoms with Gasteiger partial charge in [-0.3, -0.25) is 0 Å². The minimum Gasteiger partial charge on any atom is -0.456 e. The fourth-order valence-corrected chi connectivity index (χ4v) is 10.4. The van der Waals surface area contributed by atoms with E-state index in [1.165, 1.54) is 44.0 Å². The molecule has 13 rings (SSSR count). The summed E-state index contributed by atoms with van der Waals surface area (Å²) in [5.74, 6) is 1.90. The zero-order valence-electron chi connectivity index (χ0n) is 34.9. The average molecular weight is 818 g/mol. The molecule has 0 spiro atoms. The molecule has 4 nitrogen and oxygen atoms in total. The van der Waals surface area contributed by atoms with Gasteiger partial charge in [0.05, 0.1) is 0 Å². The molecule has 1 aliphatic carbocycles. The van der Waals surface area contributed by atoms with Gasteiger partial charge in [0.15, 0.2) is 17.5 Å². The van der Waals surface area contributed by atoms with Gasteiger partial charge in [0, 0.05) is 33.4 Å². The maximum absolute atomic E-state index is 6.68. The van der Waals surface area contributed by atoms with Crippen molar-refractivity contribution < 1.29 is 4.42 Å². The van der Waals surface area contributed by atoms with E-state index in [9.17, 15) is 0 Å². The Balaban J connectivity index is 1.11. The van der Waals surface area contributed by atoms with Gasteiger partial charge in [-0.25, -0.2) is 15.0 Å². The number of furan rings is 1. The van der Waals surface area contributed by atoms with E-state index in [2.05, 4.69) is 200 Å². The van der Waals surface area contributed by atoms with Crippen molar-refractivity contribution in [1.29, 1.82) is 0 Å². The van der Waals surface area contributed by atoms with Gasteiger partial charge in [-0.15, -0.1) is 0 Å². The molecule has 0 bridgehead atoms. The van der Waals surface area contributed by atoms with Gasteiger partial charge in [-0.2, -0.15) is 0 Å². The van der Waals surface area contributed by atoms with Crippen molar-refractivity contribution in [1.82, 2.24) is 15.0 Å². The molecule has 1 unspecified atom stereocenters. The summed E-state index contributed by atoms with van der Waals surface area (Å²) in [5, 5.41) is 9.17. The number of hydrogen-bond donors (Lipinski definition) is 0. The Morgan fingerprint density at radius 2 is 1.02 bits per heavy atom. The van der Waals surface area contributed by atoms with Crippen molar-refractivity contribution in [2.75, 3.05) is 0 Å². The lowest BCUT2D eigenvalue weighted by molar-refractivity contribution is 0.668. The lowest BCUT2D eigenvalue weighted by Crippen LogP contribution is -2.07. The van der Waals surface area contributed by atoms with Crippen LogP contribution in [0.4, 0.5) is 0 Å². The van der Waals surface area contributed by atoms with Crippen molar-refractivity contribution in [2.24, 2.45) is 0 Å². The summed E-state index contributed by atoms with van der Waals surface area (Å²) in [6, 6.07) is 73.8. The predicted octanol–water partition coefficient (Wildman–Crippen LogP) is 15.6. The average Bonchev–Trinajstić information content (AvgIpc) is 3.67. The first-order valence-electron chi connectivity index (χ1n) is 22.1. The van der Waals surface area contributed by atoms with Crippen LogP contribution in [-0.2, 0) is 6.42 Å². The summed E-state index contributed by atoms with van der Waals surface area (Å²) in [4.78, 5) is 16.6. The minimum atomic E-state index is 0.0337. The lowest BCUT2D eigenvalue weighted by atomic mass is 9.82. The van der Waals surface area contributed by atoms with Gasteiger partial charge >= 0.3 is 0 Å². The Labute approximate surface area is 370 Å². The van der Waals surface area contributed by atoms with Crippen LogP contribution >= 0.6 is 0 Å². The van der Waals surface area contributed by atoms with E-state index in [0.29, 0.717) is 17.5 Å². The normalized spacial score (nSPS) is 13.7. The first-order valence-corrected chi connectivity index (χ1v) is 22.1. The lowest BCUT2D eigenvalue weighted by Gasteiger charge is -2.22. The highest BCUT2D eigenvalue weighted by atomic mass is 16.3. The summed E-state index contributed by atoms with van der Waals surface area (Å²) in [7, 11) is 0. The largest absolute Gasteiger partial charge is 0.456 e. The van der Waals surface area contributed by atoms with E-state index in [4.69, 9.17) is 19.4 Å². The molecule has 300 valence electrons. The van der Waals surface area contributed by atoms with Crippen LogP contribution in [0.1, 0.15) is 29.0 Å². The molecule has 2 heterocycles. The van der Waals surface area contributed by atoms with Crippen LogP contribution in [0.5, 0.6) is 0 Å². The van der Waals surface area contributed by atoms with Crippen LogP contribution < -0.4 is 0 Å². The summed E-state index contributed by atoms with van der Waals surface area (Å²) in [5.41, 5.74) is 13.2. The third-order valence-electron chi connectivity index (χ3n) is 13.3. The zero-order chi connectivity index (χ0) is 42.1. The van der Waals surface area contributed by atoms with Crippen molar-refractivity contribution in [3.05, 3.63) is 223 Å². The van der Waals surface area contributed by atoms with Crippen LogP contribution in [-0.4, -0.2) is 15.0 Å². The molecule has 64 heavy (non-hydrogen) atoms. The van der Waals surface area contributed by atoms with Crippen molar-refractivity contribution >= 4 is 54.3 Å². The second-order valence-corrected chi connectivity index (χ2v) is 17.0. The summed E-state index contributed by atoms with van der Waals surface area (Å²) >= 11 is 0. The Hall–Kier alpha value is -8.21. The monoisotopic (exact) mass is 817 g/mol. The van der Waals surface area contributed by atoms with E-state index < -0.39 is 0 Å². The van der Waals surface area contributed by atoms with Gasteiger partial charge in [-0.1, -0.05) is 176 Å². The van der Waals surface area contributed by atoms with Crippen LogP contribution in [0.15, 0.2) is 211 Å². The highest BCUT2D eigenvalue weighted by Gasteiger charge is 2.30. The maximum Gasteiger partial charge on any atom is 0.165 e. The molecule has 0 N–H and O–H groups in total. The van der Waals surface area contributed by atoms with Crippen LogP contribution in [0, 0.1) is 0 Å². The Kier molecular flexibility index (Phi) is 8.38.